The number of carbonyl (C=O) groups is 2. The second-order valence-corrected chi connectivity index (χ2v) is 8.06. The molecule has 1 rings (SSSR count). The first kappa shape index (κ1) is 18.6. The number of carboxylic acid groups (broad SMARTS) is 1. The molecule has 124 valence electrons. The van der Waals surface area contributed by atoms with E-state index in [0.29, 0.717) is 11.3 Å². The summed E-state index contributed by atoms with van der Waals surface area (Å²) in [5.74, 6) is -1.74. The highest BCUT2D eigenvalue weighted by molar-refractivity contribution is 7.91. The molecule has 0 aromatic carbocycles. The van der Waals surface area contributed by atoms with E-state index in [0.717, 1.165) is 11.3 Å². The Morgan fingerprint density at radius 2 is 2.00 bits per heavy atom. The van der Waals surface area contributed by atoms with Gasteiger partial charge in [0.2, 0.25) is 5.91 Å². The van der Waals surface area contributed by atoms with Gasteiger partial charge in [-0.05, 0) is 18.1 Å². The average Bonchev–Trinajstić information content (AvgIpc) is 2.91. The second kappa shape index (κ2) is 7.70. The normalized spacial score (nSPS) is 14.3. The van der Waals surface area contributed by atoms with E-state index in [4.69, 9.17) is 5.11 Å². The third-order valence-corrected chi connectivity index (χ3v) is 6.19. The lowest BCUT2D eigenvalue weighted by Gasteiger charge is -2.19. The molecule has 0 bridgehead atoms. The zero-order valence-corrected chi connectivity index (χ0v) is 14.3. The molecule has 0 saturated carbocycles. The van der Waals surface area contributed by atoms with Gasteiger partial charge >= 0.3 is 5.97 Å². The van der Waals surface area contributed by atoms with E-state index in [1.807, 2.05) is 0 Å². The number of sulfonamides is 1. The van der Waals surface area contributed by atoms with Gasteiger partial charge in [0.1, 0.15) is 10.3 Å². The number of hydrogen-bond acceptors (Lipinski definition) is 5. The maximum Gasteiger partial charge on any atom is 0.322 e. The number of carboxylic acids is 1. The van der Waals surface area contributed by atoms with E-state index in [1.165, 1.54) is 13.0 Å². The molecule has 0 fully saturated rings. The van der Waals surface area contributed by atoms with Crippen molar-refractivity contribution in [3.63, 3.8) is 0 Å². The molecular formula is C13H20N2O5S2. The Morgan fingerprint density at radius 1 is 1.36 bits per heavy atom. The highest BCUT2D eigenvalue weighted by atomic mass is 32.2. The van der Waals surface area contributed by atoms with Crippen LogP contribution in [0.15, 0.2) is 16.3 Å². The highest BCUT2D eigenvalue weighted by Crippen LogP contribution is 2.22. The van der Waals surface area contributed by atoms with Crippen molar-refractivity contribution in [2.45, 2.75) is 44.0 Å². The minimum absolute atomic E-state index is 0.0300. The highest BCUT2D eigenvalue weighted by Gasteiger charge is 2.30. The molecule has 0 aliphatic heterocycles. The van der Waals surface area contributed by atoms with Gasteiger partial charge < -0.3 is 10.4 Å². The molecule has 7 nitrogen and oxygen atoms in total. The minimum Gasteiger partial charge on any atom is -0.480 e. The van der Waals surface area contributed by atoms with Crippen molar-refractivity contribution in [2.75, 3.05) is 0 Å². The van der Waals surface area contributed by atoms with Crippen molar-refractivity contribution >= 4 is 33.2 Å². The van der Waals surface area contributed by atoms with Crippen LogP contribution in [-0.4, -0.2) is 31.4 Å². The molecule has 1 heterocycles. The van der Waals surface area contributed by atoms with Crippen molar-refractivity contribution in [3.8, 4) is 0 Å². The predicted octanol–water partition coefficient (Wildman–Crippen LogP) is 1.16. The molecule has 22 heavy (non-hydrogen) atoms. The molecule has 0 radical (unpaired) electrons. The number of amides is 1. The van der Waals surface area contributed by atoms with E-state index < -0.39 is 22.0 Å². The number of nitrogens with one attached hydrogen (secondary N) is 2. The van der Waals surface area contributed by atoms with Gasteiger partial charge in [0.15, 0.2) is 0 Å². The Balaban J connectivity index is 2.89. The first-order chi connectivity index (χ1) is 10.2. The Labute approximate surface area is 133 Å². The lowest BCUT2D eigenvalue weighted by molar-refractivity contribution is -0.140. The molecule has 9 heteroatoms. The Hall–Kier alpha value is -1.45. The second-order valence-electron chi connectivity index (χ2n) is 4.95. The Morgan fingerprint density at radius 3 is 2.50 bits per heavy atom. The van der Waals surface area contributed by atoms with Crippen molar-refractivity contribution < 1.29 is 23.1 Å². The fourth-order valence-corrected chi connectivity index (χ4v) is 4.29. The predicted molar refractivity (Wildman–Crippen MR) is 83.0 cm³/mol. The topological polar surface area (TPSA) is 113 Å². The molecule has 0 saturated heterocycles. The summed E-state index contributed by atoms with van der Waals surface area (Å²) >= 11 is 0.997. The van der Waals surface area contributed by atoms with Gasteiger partial charge in [-0.2, -0.15) is 4.72 Å². The fourth-order valence-electron chi connectivity index (χ4n) is 1.68. The maximum atomic E-state index is 12.3. The Kier molecular flexibility index (Phi) is 6.51. The van der Waals surface area contributed by atoms with Crippen LogP contribution in [0.3, 0.4) is 0 Å². The maximum absolute atomic E-state index is 12.3. The van der Waals surface area contributed by atoms with Crippen LogP contribution in [0.2, 0.25) is 0 Å². The van der Waals surface area contributed by atoms with Crippen molar-refractivity contribution in [3.05, 3.63) is 17.0 Å². The van der Waals surface area contributed by atoms with E-state index >= 15 is 0 Å². The molecule has 3 N–H and O–H groups in total. The largest absolute Gasteiger partial charge is 0.480 e. The molecule has 2 atom stereocenters. The summed E-state index contributed by atoms with van der Waals surface area (Å²) < 4.78 is 26.8. The lowest BCUT2D eigenvalue weighted by Crippen LogP contribution is -2.44. The van der Waals surface area contributed by atoms with Gasteiger partial charge in [-0.15, -0.1) is 11.3 Å². The smallest absolute Gasteiger partial charge is 0.322 e. The van der Waals surface area contributed by atoms with Gasteiger partial charge in [0, 0.05) is 11.8 Å². The van der Waals surface area contributed by atoms with Gasteiger partial charge in [0.25, 0.3) is 10.0 Å². The van der Waals surface area contributed by atoms with Crippen LogP contribution >= 0.6 is 11.3 Å². The van der Waals surface area contributed by atoms with Crippen molar-refractivity contribution in [1.82, 2.24) is 10.0 Å². The van der Waals surface area contributed by atoms with Crippen molar-refractivity contribution in [2.24, 2.45) is 5.92 Å². The summed E-state index contributed by atoms with van der Waals surface area (Å²) in [5.41, 5.74) is 0. The zero-order chi connectivity index (χ0) is 16.9. The SMILES string of the molecule is CC[C@H](C)[C@H](NS(=O)(=O)c1ccc(CNC(C)=O)s1)C(=O)O. The van der Waals surface area contributed by atoms with E-state index in [9.17, 15) is 18.0 Å². The monoisotopic (exact) mass is 348 g/mol. The minimum atomic E-state index is -3.90. The Bertz CT molecular complexity index is 639. The lowest BCUT2D eigenvalue weighted by atomic mass is 10.0. The first-order valence-electron chi connectivity index (χ1n) is 6.75. The summed E-state index contributed by atoms with van der Waals surface area (Å²) in [6.45, 7) is 5.09. The fraction of sp³-hybridized carbons (Fsp3) is 0.538. The standard InChI is InChI=1S/C13H20N2O5S2/c1-4-8(2)12(13(17)18)15-22(19,20)11-6-5-10(21-11)7-14-9(3)16/h5-6,8,12,15H,4,7H2,1-3H3,(H,14,16)(H,17,18)/t8-,12-/m0/s1. The third-order valence-electron chi connectivity index (χ3n) is 3.17. The van der Waals surface area contributed by atoms with Gasteiger partial charge in [-0.25, -0.2) is 8.42 Å². The van der Waals surface area contributed by atoms with Crippen LogP contribution < -0.4 is 10.0 Å². The summed E-state index contributed by atoms with van der Waals surface area (Å²) in [6.07, 6.45) is 0.539. The molecule has 1 amide bonds. The molecule has 0 aliphatic rings. The van der Waals surface area contributed by atoms with Crippen LogP contribution in [0.25, 0.3) is 0 Å². The van der Waals surface area contributed by atoms with Crippen LogP contribution in [0, 0.1) is 5.92 Å². The quantitative estimate of drug-likeness (QED) is 0.652. The van der Waals surface area contributed by atoms with Crippen LogP contribution in [0.4, 0.5) is 0 Å². The van der Waals surface area contributed by atoms with Gasteiger partial charge in [-0.3, -0.25) is 9.59 Å². The summed E-state index contributed by atoms with van der Waals surface area (Å²) in [6, 6.07) is 1.82. The number of thiophene rings is 1. The molecule has 0 spiro atoms. The summed E-state index contributed by atoms with van der Waals surface area (Å²) in [5, 5.41) is 11.7. The molecule has 0 aliphatic carbocycles. The third kappa shape index (κ3) is 5.08. The average molecular weight is 348 g/mol. The number of aliphatic carboxylic acids is 1. The van der Waals surface area contributed by atoms with E-state index in [1.54, 1.807) is 19.9 Å². The molecule has 1 aromatic rings. The van der Waals surface area contributed by atoms with Crippen molar-refractivity contribution in [1.29, 1.82) is 0 Å². The van der Waals surface area contributed by atoms with Gasteiger partial charge in [-0.1, -0.05) is 20.3 Å². The van der Waals surface area contributed by atoms with Crippen LogP contribution in [-0.2, 0) is 26.2 Å². The first-order valence-corrected chi connectivity index (χ1v) is 9.05. The van der Waals surface area contributed by atoms with Gasteiger partial charge in [0.05, 0.1) is 6.54 Å². The number of hydrogen-bond donors (Lipinski definition) is 3. The van der Waals surface area contributed by atoms with E-state index in [2.05, 4.69) is 10.0 Å². The summed E-state index contributed by atoms with van der Waals surface area (Å²) in [4.78, 5) is 22.7. The molecule has 1 aromatic heterocycles. The number of rotatable bonds is 8. The molecule has 0 unspecified atom stereocenters. The van der Waals surface area contributed by atoms with Crippen LogP contribution in [0.5, 0.6) is 0 Å². The summed E-state index contributed by atoms with van der Waals surface area (Å²) in [7, 11) is -3.90. The molecular weight excluding hydrogens is 328 g/mol. The van der Waals surface area contributed by atoms with Crippen LogP contribution in [0.1, 0.15) is 32.1 Å². The van der Waals surface area contributed by atoms with E-state index in [-0.39, 0.29) is 22.6 Å². The number of carbonyl (C=O) groups excluding carboxylic acids is 1. The zero-order valence-electron chi connectivity index (χ0n) is 12.6.